The SMILES string of the molecule is COC(=O)c1cccc(-n2ccc(C)n2)c1. The van der Waals surface area contributed by atoms with Crippen LogP contribution in [0, 0.1) is 6.92 Å². The van der Waals surface area contributed by atoms with Crippen LogP contribution in [0.4, 0.5) is 0 Å². The fourth-order valence-electron chi connectivity index (χ4n) is 1.45. The van der Waals surface area contributed by atoms with E-state index in [0.717, 1.165) is 11.4 Å². The third kappa shape index (κ3) is 1.95. The molecule has 1 aromatic heterocycles. The smallest absolute Gasteiger partial charge is 0.337 e. The van der Waals surface area contributed by atoms with Gasteiger partial charge >= 0.3 is 5.97 Å². The Morgan fingerprint density at radius 3 is 2.81 bits per heavy atom. The first-order valence-electron chi connectivity index (χ1n) is 4.92. The van der Waals surface area contributed by atoms with E-state index in [2.05, 4.69) is 9.84 Å². The molecule has 2 aromatic rings. The normalized spacial score (nSPS) is 10.1. The minimum atomic E-state index is -0.342. The minimum Gasteiger partial charge on any atom is -0.465 e. The number of benzene rings is 1. The Kier molecular flexibility index (Phi) is 2.72. The summed E-state index contributed by atoms with van der Waals surface area (Å²) in [4.78, 5) is 11.4. The van der Waals surface area contributed by atoms with Crippen LogP contribution in [0.5, 0.6) is 0 Å². The van der Waals surface area contributed by atoms with E-state index in [4.69, 9.17) is 0 Å². The quantitative estimate of drug-likeness (QED) is 0.721. The van der Waals surface area contributed by atoms with E-state index in [1.54, 1.807) is 22.9 Å². The van der Waals surface area contributed by atoms with Crippen LogP contribution in [0.25, 0.3) is 5.69 Å². The number of carbonyl (C=O) groups excluding carboxylic acids is 1. The first-order chi connectivity index (χ1) is 7.70. The van der Waals surface area contributed by atoms with Crippen LogP contribution in [0.2, 0.25) is 0 Å². The molecule has 0 spiro atoms. The van der Waals surface area contributed by atoms with Crippen molar-refractivity contribution in [3.05, 3.63) is 47.8 Å². The Hall–Kier alpha value is -2.10. The third-order valence-electron chi connectivity index (χ3n) is 2.25. The van der Waals surface area contributed by atoms with Crippen molar-refractivity contribution < 1.29 is 9.53 Å². The van der Waals surface area contributed by atoms with E-state index in [0.29, 0.717) is 5.56 Å². The van der Waals surface area contributed by atoms with Gasteiger partial charge < -0.3 is 4.74 Å². The van der Waals surface area contributed by atoms with E-state index in [-0.39, 0.29) is 5.97 Å². The summed E-state index contributed by atoms with van der Waals surface area (Å²) in [6, 6.07) is 9.06. The van der Waals surface area contributed by atoms with Gasteiger partial charge in [0.15, 0.2) is 0 Å². The molecule has 0 fully saturated rings. The van der Waals surface area contributed by atoms with Gasteiger partial charge in [-0.3, -0.25) is 0 Å². The average Bonchev–Trinajstić information content (AvgIpc) is 2.75. The maximum Gasteiger partial charge on any atom is 0.337 e. The van der Waals surface area contributed by atoms with E-state index in [9.17, 15) is 4.79 Å². The van der Waals surface area contributed by atoms with Gasteiger partial charge in [0.2, 0.25) is 0 Å². The third-order valence-corrected chi connectivity index (χ3v) is 2.25. The van der Waals surface area contributed by atoms with Gasteiger partial charge in [0.1, 0.15) is 0 Å². The molecule has 4 nitrogen and oxygen atoms in total. The van der Waals surface area contributed by atoms with Crippen molar-refractivity contribution in [2.24, 2.45) is 0 Å². The molecule has 0 aliphatic rings. The summed E-state index contributed by atoms with van der Waals surface area (Å²) in [5, 5.41) is 4.27. The summed E-state index contributed by atoms with van der Waals surface area (Å²) in [5.41, 5.74) is 2.30. The Morgan fingerprint density at radius 1 is 1.38 bits per heavy atom. The molecule has 2 rings (SSSR count). The second kappa shape index (κ2) is 4.18. The largest absolute Gasteiger partial charge is 0.465 e. The molecule has 0 unspecified atom stereocenters. The molecule has 0 atom stereocenters. The van der Waals surface area contributed by atoms with E-state index < -0.39 is 0 Å². The molecule has 0 N–H and O–H groups in total. The molecule has 16 heavy (non-hydrogen) atoms. The molecular formula is C12H12N2O2. The molecule has 0 saturated carbocycles. The summed E-state index contributed by atoms with van der Waals surface area (Å²) in [6.07, 6.45) is 1.85. The van der Waals surface area contributed by atoms with Gasteiger partial charge in [0.25, 0.3) is 0 Å². The maximum absolute atomic E-state index is 11.4. The topological polar surface area (TPSA) is 44.1 Å². The zero-order chi connectivity index (χ0) is 11.5. The van der Waals surface area contributed by atoms with Crippen molar-refractivity contribution in [2.75, 3.05) is 7.11 Å². The second-order valence-electron chi connectivity index (χ2n) is 3.44. The van der Waals surface area contributed by atoms with Crippen molar-refractivity contribution in [1.82, 2.24) is 9.78 Å². The number of hydrogen-bond acceptors (Lipinski definition) is 3. The van der Waals surface area contributed by atoms with Crippen molar-refractivity contribution >= 4 is 5.97 Å². The Bertz CT molecular complexity index is 517. The zero-order valence-electron chi connectivity index (χ0n) is 9.18. The molecule has 0 bridgehead atoms. The number of rotatable bonds is 2. The monoisotopic (exact) mass is 216 g/mol. The number of hydrogen-bond donors (Lipinski definition) is 0. The number of nitrogens with zero attached hydrogens (tertiary/aromatic N) is 2. The predicted octanol–water partition coefficient (Wildman–Crippen LogP) is 1.97. The predicted molar refractivity (Wildman–Crippen MR) is 59.6 cm³/mol. The second-order valence-corrected chi connectivity index (χ2v) is 3.44. The first kappa shape index (κ1) is 10.4. The van der Waals surface area contributed by atoms with Gasteiger partial charge in [-0.15, -0.1) is 0 Å². The van der Waals surface area contributed by atoms with E-state index >= 15 is 0 Å². The molecule has 82 valence electrons. The molecule has 0 aliphatic heterocycles. The summed E-state index contributed by atoms with van der Waals surface area (Å²) in [6.45, 7) is 1.92. The number of ether oxygens (including phenoxy) is 1. The number of aryl methyl sites for hydroxylation is 1. The van der Waals surface area contributed by atoms with Crippen molar-refractivity contribution in [3.63, 3.8) is 0 Å². The lowest BCUT2D eigenvalue weighted by Gasteiger charge is -2.03. The van der Waals surface area contributed by atoms with Crippen molar-refractivity contribution in [1.29, 1.82) is 0 Å². The lowest BCUT2D eigenvalue weighted by atomic mass is 10.2. The van der Waals surface area contributed by atoms with Crippen LogP contribution in [-0.2, 0) is 4.74 Å². The zero-order valence-corrected chi connectivity index (χ0v) is 9.18. The fraction of sp³-hybridized carbons (Fsp3) is 0.167. The van der Waals surface area contributed by atoms with Gasteiger partial charge in [0.05, 0.1) is 24.1 Å². The molecule has 1 heterocycles. The standard InChI is InChI=1S/C12H12N2O2/c1-9-6-7-14(13-9)11-5-3-4-10(8-11)12(15)16-2/h3-8H,1-2H3. The van der Waals surface area contributed by atoms with Crippen LogP contribution in [-0.4, -0.2) is 22.9 Å². The van der Waals surface area contributed by atoms with Gasteiger partial charge in [-0.2, -0.15) is 5.10 Å². The summed E-state index contributed by atoms with van der Waals surface area (Å²) < 4.78 is 6.39. The Morgan fingerprint density at radius 2 is 2.19 bits per heavy atom. The summed E-state index contributed by atoms with van der Waals surface area (Å²) in [7, 11) is 1.37. The molecule has 1 aromatic carbocycles. The van der Waals surface area contributed by atoms with Gasteiger partial charge in [-0.1, -0.05) is 6.07 Å². The minimum absolute atomic E-state index is 0.342. The molecule has 0 saturated heterocycles. The molecule has 0 radical (unpaired) electrons. The summed E-state index contributed by atoms with van der Waals surface area (Å²) >= 11 is 0. The van der Waals surface area contributed by atoms with E-state index in [1.807, 2.05) is 25.3 Å². The van der Waals surface area contributed by atoms with Crippen molar-refractivity contribution in [3.8, 4) is 5.69 Å². The van der Waals surface area contributed by atoms with Crippen LogP contribution in [0.3, 0.4) is 0 Å². The highest BCUT2D eigenvalue weighted by Gasteiger charge is 2.06. The maximum atomic E-state index is 11.4. The van der Waals surface area contributed by atoms with Crippen LogP contribution >= 0.6 is 0 Å². The van der Waals surface area contributed by atoms with Gasteiger partial charge in [-0.25, -0.2) is 9.48 Å². The van der Waals surface area contributed by atoms with Crippen LogP contribution < -0.4 is 0 Å². The molecular weight excluding hydrogens is 204 g/mol. The van der Waals surface area contributed by atoms with Crippen molar-refractivity contribution in [2.45, 2.75) is 6.92 Å². The Labute approximate surface area is 93.5 Å². The van der Waals surface area contributed by atoms with Gasteiger partial charge in [-0.05, 0) is 31.2 Å². The first-order valence-corrected chi connectivity index (χ1v) is 4.92. The average molecular weight is 216 g/mol. The summed E-state index contributed by atoms with van der Waals surface area (Å²) in [5.74, 6) is -0.342. The number of carbonyl (C=O) groups is 1. The van der Waals surface area contributed by atoms with E-state index in [1.165, 1.54) is 7.11 Å². The number of methoxy groups -OCH3 is 1. The fourth-order valence-corrected chi connectivity index (χ4v) is 1.45. The Balaban J connectivity index is 2.39. The highest BCUT2D eigenvalue weighted by Crippen LogP contribution is 2.11. The highest BCUT2D eigenvalue weighted by molar-refractivity contribution is 5.89. The van der Waals surface area contributed by atoms with Gasteiger partial charge in [0, 0.05) is 6.20 Å². The lowest BCUT2D eigenvalue weighted by molar-refractivity contribution is 0.0600. The highest BCUT2D eigenvalue weighted by atomic mass is 16.5. The van der Waals surface area contributed by atoms with Crippen LogP contribution in [0.15, 0.2) is 36.5 Å². The van der Waals surface area contributed by atoms with Crippen LogP contribution in [0.1, 0.15) is 16.1 Å². The lowest BCUT2D eigenvalue weighted by Crippen LogP contribution is -2.03. The number of aromatic nitrogens is 2. The molecule has 4 heteroatoms. The molecule has 0 aliphatic carbocycles. The number of esters is 1. The molecule has 0 amide bonds.